The maximum atomic E-state index is 5.91. The van der Waals surface area contributed by atoms with E-state index < -0.39 is 0 Å². The smallest absolute Gasteiger partial charge is 0.0825 e. The van der Waals surface area contributed by atoms with Crippen molar-refractivity contribution in [3.05, 3.63) is 46.7 Å². The summed E-state index contributed by atoms with van der Waals surface area (Å²) in [4.78, 5) is 0. The normalized spacial score (nSPS) is 12.4. The third-order valence-electron chi connectivity index (χ3n) is 3.02. The molecule has 1 aromatic carbocycles. The minimum Gasteiger partial charge on any atom is -0.375 e. The number of hydrogen-bond donors (Lipinski definition) is 1. The van der Waals surface area contributed by atoms with Crippen LogP contribution in [0, 0.1) is 6.92 Å². The molecule has 0 aliphatic rings. The van der Waals surface area contributed by atoms with Crippen LogP contribution in [0.5, 0.6) is 0 Å². The number of nitrogens with zero attached hydrogens (tertiary/aromatic N) is 2. The van der Waals surface area contributed by atoms with Crippen molar-refractivity contribution in [3.8, 4) is 0 Å². The van der Waals surface area contributed by atoms with Gasteiger partial charge in [0.25, 0.3) is 0 Å². The Balaban J connectivity index is 2.19. The average molecular weight is 264 g/mol. The Morgan fingerprint density at radius 1 is 1.33 bits per heavy atom. The van der Waals surface area contributed by atoms with E-state index in [1.807, 2.05) is 37.0 Å². The molecule has 96 valence electrons. The minimum absolute atomic E-state index is 0.283. The molecule has 0 bridgehead atoms. The molecule has 4 heteroatoms. The van der Waals surface area contributed by atoms with E-state index in [9.17, 15) is 0 Å². The summed E-state index contributed by atoms with van der Waals surface area (Å²) in [6.07, 6.45) is 3.02. The molecule has 0 aliphatic carbocycles. The van der Waals surface area contributed by atoms with Gasteiger partial charge in [-0.25, -0.2) is 0 Å². The molecule has 1 N–H and O–H groups in total. The molecular formula is C14H18ClN3. The van der Waals surface area contributed by atoms with Crippen LogP contribution in [0.2, 0.25) is 5.02 Å². The van der Waals surface area contributed by atoms with Crippen LogP contribution in [0.3, 0.4) is 0 Å². The molecular weight excluding hydrogens is 246 g/mol. The maximum absolute atomic E-state index is 5.91. The van der Waals surface area contributed by atoms with Gasteiger partial charge in [0.2, 0.25) is 0 Å². The Bertz CT molecular complexity index is 516. The topological polar surface area (TPSA) is 29.9 Å². The molecule has 0 amide bonds. The fraction of sp³-hybridized carbons (Fsp3) is 0.357. The number of benzene rings is 1. The molecule has 0 saturated heterocycles. The van der Waals surface area contributed by atoms with Gasteiger partial charge in [0.15, 0.2) is 0 Å². The standard InChI is InChI=1S/C14H18ClN3/c1-4-13(11-5-7-12(15)8-6-11)16-14-9-18(3)17-10(14)2/h5-9,13,16H,4H2,1-3H3. The highest BCUT2D eigenvalue weighted by Crippen LogP contribution is 2.25. The Labute approximate surface area is 113 Å². The minimum atomic E-state index is 0.283. The fourth-order valence-corrected chi connectivity index (χ4v) is 2.17. The molecule has 1 unspecified atom stereocenters. The molecule has 0 spiro atoms. The zero-order valence-corrected chi connectivity index (χ0v) is 11.7. The fourth-order valence-electron chi connectivity index (χ4n) is 2.05. The summed E-state index contributed by atoms with van der Waals surface area (Å²) < 4.78 is 1.83. The largest absolute Gasteiger partial charge is 0.375 e. The lowest BCUT2D eigenvalue weighted by Gasteiger charge is -2.18. The first-order chi connectivity index (χ1) is 8.60. The Morgan fingerprint density at radius 2 is 2.00 bits per heavy atom. The lowest BCUT2D eigenvalue weighted by molar-refractivity contribution is 0.747. The van der Waals surface area contributed by atoms with Crippen molar-refractivity contribution in [1.29, 1.82) is 0 Å². The van der Waals surface area contributed by atoms with E-state index >= 15 is 0 Å². The zero-order valence-electron chi connectivity index (χ0n) is 10.9. The zero-order chi connectivity index (χ0) is 13.1. The monoisotopic (exact) mass is 263 g/mol. The van der Waals surface area contributed by atoms with Crippen LogP contribution in [-0.2, 0) is 7.05 Å². The molecule has 1 heterocycles. The number of halogens is 1. The summed E-state index contributed by atoms with van der Waals surface area (Å²) in [5, 5.41) is 8.64. The summed E-state index contributed by atoms with van der Waals surface area (Å²) in [6, 6.07) is 8.27. The number of nitrogens with one attached hydrogen (secondary N) is 1. The van der Waals surface area contributed by atoms with Gasteiger partial charge in [-0.05, 0) is 31.0 Å². The number of rotatable bonds is 4. The summed E-state index contributed by atoms with van der Waals surface area (Å²) >= 11 is 5.91. The Morgan fingerprint density at radius 3 is 2.50 bits per heavy atom. The first-order valence-electron chi connectivity index (χ1n) is 6.12. The first-order valence-corrected chi connectivity index (χ1v) is 6.50. The highest BCUT2D eigenvalue weighted by molar-refractivity contribution is 6.30. The number of aryl methyl sites for hydroxylation is 2. The molecule has 1 aromatic heterocycles. The van der Waals surface area contributed by atoms with Crippen LogP contribution >= 0.6 is 11.6 Å². The van der Waals surface area contributed by atoms with E-state index in [4.69, 9.17) is 11.6 Å². The van der Waals surface area contributed by atoms with Crippen molar-refractivity contribution in [1.82, 2.24) is 9.78 Å². The molecule has 0 saturated carbocycles. The summed E-state index contributed by atoms with van der Waals surface area (Å²) in [6.45, 7) is 4.18. The van der Waals surface area contributed by atoms with Crippen LogP contribution in [0.1, 0.15) is 30.6 Å². The van der Waals surface area contributed by atoms with Crippen LogP contribution in [0.15, 0.2) is 30.5 Å². The SMILES string of the molecule is CCC(Nc1cn(C)nc1C)c1ccc(Cl)cc1. The van der Waals surface area contributed by atoms with Crippen molar-refractivity contribution in [2.24, 2.45) is 7.05 Å². The van der Waals surface area contributed by atoms with E-state index in [2.05, 4.69) is 29.5 Å². The Hall–Kier alpha value is -1.48. The van der Waals surface area contributed by atoms with Crippen molar-refractivity contribution in [2.75, 3.05) is 5.32 Å². The van der Waals surface area contributed by atoms with Crippen molar-refractivity contribution in [3.63, 3.8) is 0 Å². The highest BCUT2D eigenvalue weighted by Gasteiger charge is 2.11. The average Bonchev–Trinajstić information content (AvgIpc) is 2.66. The molecule has 0 radical (unpaired) electrons. The van der Waals surface area contributed by atoms with Crippen molar-refractivity contribution >= 4 is 17.3 Å². The van der Waals surface area contributed by atoms with Crippen molar-refractivity contribution < 1.29 is 0 Å². The van der Waals surface area contributed by atoms with E-state index in [-0.39, 0.29) is 6.04 Å². The van der Waals surface area contributed by atoms with Gasteiger partial charge in [0, 0.05) is 18.3 Å². The van der Waals surface area contributed by atoms with Gasteiger partial charge in [-0.2, -0.15) is 5.10 Å². The van der Waals surface area contributed by atoms with Gasteiger partial charge in [-0.15, -0.1) is 0 Å². The third kappa shape index (κ3) is 2.85. The molecule has 0 aliphatic heterocycles. The van der Waals surface area contributed by atoms with Gasteiger partial charge >= 0.3 is 0 Å². The summed E-state index contributed by atoms with van der Waals surface area (Å²) in [7, 11) is 1.93. The second-order valence-corrected chi connectivity index (χ2v) is 4.90. The maximum Gasteiger partial charge on any atom is 0.0825 e. The molecule has 1 atom stereocenters. The second-order valence-electron chi connectivity index (χ2n) is 4.46. The molecule has 0 fully saturated rings. The Kier molecular flexibility index (Phi) is 3.92. The lowest BCUT2D eigenvalue weighted by Crippen LogP contribution is -2.09. The van der Waals surface area contributed by atoms with E-state index in [1.165, 1.54) is 5.56 Å². The van der Waals surface area contributed by atoms with Gasteiger partial charge in [-0.1, -0.05) is 30.7 Å². The van der Waals surface area contributed by atoms with E-state index in [0.29, 0.717) is 0 Å². The second kappa shape index (κ2) is 5.44. The van der Waals surface area contributed by atoms with Gasteiger partial charge in [-0.3, -0.25) is 4.68 Å². The van der Waals surface area contributed by atoms with Gasteiger partial charge in [0.1, 0.15) is 0 Å². The quantitative estimate of drug-likeness (QED) is 0.905. The van der Waals surface area contributed by atoms with Crippen molar-refractivity contribution in [2.45, 2.75) is 26.3 Å². The number of hydrogen-bond acceptors (Lipinski definition) is 2. The summed E-state index contributed by atoms with van der Waals surface area (Å²) in [5.41, 5.74) is 3.34. The third-order valence-corrected chi connectivity index (χ3v) is 3.28. The van der Waals surface area contributed by atoms with Crippen LogP contribution in [0.4, 0.5) is 5.69 Å². The highest BCUT2D eigenvalue weighted by atomic mass is 35.5. The van der Waals surface area contributed by atoms with Gasteiger partial charge in [0.05, 0.1) is 17.4 Å². The van der Waals surface area contributed by atoms with Crippen LogP contribution < -0.4 is 5.32 Å². The molecule has 2 rings (SSSR count). The molecule has 18 heavy (non-hydrogen) atoms. The van der Waals surface area contributed by atoms with Gasteiger partial charge < -0.3 is 5.32 Å². The predicted molar refractivity (Wildman–Crippen MR) is 76.1 cm³/mol. The molecule has 3 nitrogen and oxygen atoms in total. The van der Waals surface area contributed by atoms with E-state index in [1.54, 1.807) is 0 Å². The molecule has 2 aromatic rings. The van der Waals surface area contributed by atoms with Crippen LogP contribution in [0.25, 0.3) is 0 Å². The lowest BCUT2D eigenvalue weighted by atomic mass is 10.0. The first kappa shape index (κ1) is 13.0. The number of anilines is 1. The van der Waals surface area contributed by atoms with E-state index in [0.717, 1.165) is 22.8 Å². The number of aromatic nitrogens is 2. The van der Waals surface area contributed by atoms with Crippen LogP contribution in [-0.4, -0.2) is 9.78 Å². The summed E-state index contributed by atoms with van der Waals surface area (Å²) in [5.74, 6) is 0. The predicted octanol–water partition coefficient (Wildman–Crippen LogP) is 3.95.